The third kappa shape index (κ3) is 2.05. The maximum Gasteiger partial charge on any atom is 0.231 e. The van der Waals surface area contributed by atoms with Gasteiger partial charge in [-0.15, -0.1) is 0 Å². The molecule has 21 heavy (non-hydrogen) atoms. The van der Waals surface area contributed by atoms with Gasteiger partial charge in [-0.1, -0.05) is 12.1 Å². The number of rotatable bonds is 2. The molecule has 6 nitrogen and oxygen atoms in total. The van der Waals surface area contributed by atoms with E-state index in [0.29, 0.717) is 23.6 Å². The zero-order chi connectivity index (χ0) is 14.2. The summed E-state index contributed by atoms with van der Waals surface area (Å²) >= 11 is 0. The summed E-state index contributed by atoms with van der Waals surface area (Å²) in [5.74, 6) is 1.40. The Hall–Kier alpha value is -3.07. The third-order valence-corrected chi connectivity index (χ3v) is 3.32. The number of benzene rings is 2. The van der Waals surface area contributed by atoms with Crippen LogP contribution in [-0.4, -0.2) is 21.8 Å². The predicted molar refractivity (Wildman–Crippen MR) is 73.9 cm³/mol. The van der Waals surface area contributed by atoms with Gasteiger partial charge in [0.25, 0.3) is 0 Å². The molecule has 102 valence electrons. The van der Waals surface area contributed by atoms with Crippen molar-refractivity contribution in [2.75, 3.05) is 6.79 Å². The van der Waals surface area contributed by atoms with Crippen molar-refractivity contribution in [3.8, 4) is 17.6 Å². The van der Waals surface area contributed by atoms with Crippen LogP contribution in [0.15, 0.2) is 36.4 Å². The molecule has 0 spiro atoms. The normalized spacial score (nSPS) is 12.5. The van der Waals surface area contributed by atoms with Crippen LogP contribution < -0.4 is 9.47 Å². The fraction of sp³-hybridized carbons (Fsp3) is 0.133. The van der Waals surface area contributed by atoms with Gasteiger partial charge >= 0.3 is 0 Å². The number of nitriles is 1. The molecule has 0 bridgehead atoms. The minimum atomic E-state index is 0.243. The molecule has 0 fully saturated rings. The monoisotopic (exact) mass is 278 g/mol. The minimum absolute atomic E-state index is 0.243. The largest absolute Gasteiger partial charge is 0.454 e. The highest BCUT2D eigenvalue weighted by Crippen LogP contribution is 2.34. The van der Waals surface area contributed by atoms with Crippen LogP contribution in [0.4, 0.5) is 0 Å². The topological polar surface area (TPSA) is 73.0 Å². The second-order valence-corrected chi connectivity index (χ2v) is 4.73. The molecule has 0 N–H and O–H groups in total. The number of aromatic nitrogens is 3. The summed E-state index contributed by atoms with van der Waals surface area (Å²) in [6.45, 7) is 0.792. The average molecular weight is 278 g/mol. The summed E-state index contributed by atoms with van der Waals surface area (Å²) in [6.07, 6.45) is 0. The molecule has 0 radical (unpaired) electrons. The van der Waals surface area contributed by atoms with Gasteiger partial charge in [0, 0.05) is 12.1 Å². The van der Waals surface area contributed by atoms with Crippen molar-refractivity contribution in [3.05, 3.63) is 47.5 Å². The zero-order valence-corrected chi connectivity index (χ0v) is 11.0. The van der Waals surface area contributed by atoms with Gasteiger partial charge in [-0.2, -0.15) is 20.3 Å². The number of ether oxygens (including phenoxy) is 2. The molecule has 1 aromatic heterocycles. The summed E-state index contributed by atoms with van der Waals surface area (Å²) in [6, 6.07) is 13.1. The first-order chi connectivity index (χ1) is 10.3. The highest BCUT2D eigenvalue weighted by Gasteiger charge is 2.16. The van der Waals surface area contributed by atoms with Crippen LogP contribution in [0.5, 0.6) is 11.5 Å². The summed E-state index contributed by atoms with van der Waals surface area (Å²) in [5.41, 5.74) is 3.22. The lowest BCUT2D eigenvalue weighted by Crippen LogP contribution is -2.03. The summed E-state index contributed by atoms with van der Waals surface area (Å²) in [7, 11) is 0. The van der Waals surface area contributed by atoms with Crippen LogP contribution in [-0.2, 0) is 6.54 Å². The van der Waals surface area contributed by atoms with Crippen molar-refractivity contribution in [2.45, 2.75) is 6.54 Å². The minimum Gasteiger partial charge on any atom is -0.454 e. The van der Waals surface area contributed by atoms with Crippen molar-refractivity contribution in [1.82, 2.24) is 15.0 Å². The Labute approximate surface area is 120 Å². The Bertz CT molecular complexity index is 821. The van der Waals surface area contributed by atoms with E-state index in [1.165, 1.54) is 0 Å². The van der Waals surface area contributed by atoms with Crippen LogP contribution in [0.2, 0.25) is 0 Å². The number of hydrogen-bond donors (Lipinski definition) is 0. The van der Waals surface area contributed by atoms with Gasteiger partial charge < -0.3 is 9.47 Å². The summed E-state index contributed by atoms with van der Waals surface area (Å²) in [5, 5.41) is 17.7. The van der Waals surface area contributed by atoms with E-state index in [9.17, 15) is 0 Å². The summed E-state index contributed by atoms with van der Waals surface area (Å²) < 4.78 is 10.7. The molecule has 1 aliphatic heterocycles. The van der Waals surface area contributed by atoms with E-state index in [0.717, 1.165) is 16.6 Å². The van der Waals surface area contributed by atoms with E-state index < -0.39 is 0 Å². The molecule has 2 heterocycles. The van der Waals surface area contributed by atoms with Crippen molar-refractivity contribution in [3.63, 3.8) is 0 Å². The number of hydrogen-bond acceptors (Lipinski definition) is 5. The lowest BCUT2D eigenvalue weighted by Gasteiger charge is -1.99. The zero-order valence-electron chi connectivity index (χ0n) is 11.0. The molecular formula is C15H10N4O2. The first kappa shape index (κ1) is 11.7. The first-order valence-electron chi connectivity index (χ1n) is 6.45. The second-order valence-electron chi connectivity index (χ2n) is 4.73. The molecule has 0 amide bonds. The van der Waals surface area contributed by atoms with E-state index in [2.05, 4.69) is 16.3 Å². The third-order valence-electron chi connectivity index (χ3n) is 3.32. The second kappa shape index (κ2) is 4.49. The van der Waals surface area contributed by atoms with Crippen molar-refractivity contribution >= 4 is 11.0 Å². The first-order valence-corrected chi connectivity index (χ1v) is 6.45. The van der Waals surface area contributed by atoms with Crippen molar-refractivity contribution < 1.29 is 9.47 Å². The maximum absolute atomic E-state index is 8.79. The van der Waals surface area contributed by atoms with Crippen LogP contribution in [0, 0.1) is 11.3 Å². The number of fused-ring (bicyclic) bond motifs is 2. The fourth-order valence-corrected chi connectivity index (χ4v) is 2.27. The molecule has 0 saturated heterocycles. The SMILES string of the molecule is N#Cc1ccc(Cn2nc3cc4c(cc3n2)OCO4)cc1. The van der Waals surface area contributed by atoms with E-state index in [4.69, 9.17) is 14.7 Å². The fourth-order valence-electron chi connectivity index (χ4n) is 2.27. The average Bonchev–Trinajstić information content (AvgIpc) is 3.10. The highest BCUT2D eigenvalue weighted by molar-refractivity contribution is 5.78. The highest BCUT2D eigenvalue weighted by atomic mass is 16.7. The Morgan fingerprint density at radius 3 is 2.24 bits per heavy atom. The summed E-state index contributed by atoms with van der Waals surface area (Å²) in [4.78, 5) is 1.63. The number of nitrogens with zero attached hydrogens (tertiary/aromatic N) is 4. The van der Waals surface area contributed by atoms with Gasteiger partial charge in [0.1, 0.15) is 11.0 Å². The molecule has 1 aliphatic rings. The molecule has 0 unspecified atom stereocenters. The molecule has 6 heteroatoms. The Morgan fingerprint density at radius 1 is 1.05 bits per heavy atom. The smallest absolute Gasteiger partial charge is 0.231 e. The van der Waals surface area contributed by atoms with Crippen LogP contribution in [0.3, 0.4) is 0 Å². The van der Waals surface area contributed by atoms with E-state index in [1.54, 1.807) is 16.9 Å². The molecule has 4 rings (SSSR count). The standard InChI is InChI=1S/C15H10N4O2/c16-7-10-1-3-11(4-2-10)8-19-17-12-5-14-15(21-9-20-14)6-13(12)18-19/h1-6H,8-9H2. The van der Waals surface area contributed by atoms with Crippen LogP contribution >= 0.6 is 0 Å². The predicted octanol–water partition coefficient (Wildman–Crippen LogP) is 2.08. The van der Waals surface area contributed by atoms with E-state index in [-0.39, 0.29) is 6.79 Å². The van der Waals surface area contributed by atoms with Gasteiger partial charge in [0.15, 0.2) is 11.5 Å². The van der Waals surface area contributed by atoms with Crippen LogP contribution in [0.25, 0.3) is 11.0 Å². The van der Waals surface area contributed by atoms with Crippen LogP contribution in [0.1, 0.15) is 11.1 Å². The van der Waals surface area contributed by atoms with Gasteiger partial charge in [-0.3, -0.25) is 0 Å². The van der Waals surface area contributed by atoms with Gasteiger partial charge in [0.2, 0.25) is 6.79 Å². The van der Waals surface area contributed by atoms with Gasteiger partial charge in [0.05, 0.1) is 18.2 Å². The molecule has 0 atom stereocenters. The molecule has 2 aromatic carbocycles. The lowest BCUT2D eigenvalue weighted by molar-refractivity contribution is 0.174. The maximum atomic E-state index is 8.79. The molecular weight excluding hydrogens is 268 g/mol. The van der Waals surface area contributed by atoms with Gasteiger partial charge in [-0.05, 0) is 17.7 Å². The van der Waals surface area contributed by atoms with E-state index in [1.807, 2.05) is 24.3 Å². The lowest BCUT2D eigenvalue weighted by atomic mass is 10.1. The quantitative estimate of drug-likeness (QED) is 0.717. The Kier molecular flexibility index (Phi) is 2.51. The van der Waals surface area contributed by atoms with E-state index >= 15 is 0 Å². The molecule has 0 aliphatic carbocycles. The van der Waals surface area contributed by atoms with Crippen molar-refractivity contribution in [1.29, 1.82) is 5.26 Å². The molecule has 3 aromatic rings. The van der Waals surface area contributed by atoms with Crippen molar-refractivity contribution in [2.24, 2.45) is 0 Å². The Balaban J connectivity index is 1.66. The molecule has 0 saturated carbocycles. The van der Waals surface area contributed by atoms with Gasteiger partial charge in [-0.25, -0.2) is 0 Å². The Morgan fingerprint density at radius 2 is 1.67 bits per heavy atom.